The van der Waals surface area contributed by atoms with Gasteiger partial charge in [-0.15, -0.1) is 0 Å². The molecule has 0 amide bonds. The molecule has 0 heterocycles. The summed E-state index contributed by atoms with van der Waals surface area (Å²) in [6, 6.07) is 0. The standard InChI is InChI=1S/C9H20O/c1-8(7-10-5)6-9(2,3)4/h8H,6-7H2,1-5H3. The predicted octanol–water partition coefficient (Wildman–Crippen LogP) is 2.71. The Kier molecular flexibility index (Phi) is 3.95. The summed E-state index contributed by atoms with van der Waals surface area (Å²) in [5.41, 5.74) is 0.442. The Morgan fingerprint density at radius 2 is 1.80 bits per heavy atom. The minimum absolute atomic E-state index is 0.442. The molecule has 1 nitrogen and oxygen atoms in total. The van der Waals surface area contributed by atoms with Crippen molar-refractivity contribution in [3.63, 3.8) is 0 Å². The van der Waals surface area contributed by atoms with Crippen LogP contribution in [0.3, 0.4) is 0 Å². The number of hydrogen-bond acceptors (Lipinski definition) is 1. The molecule has 0 bridgehead atoms. The lowest BCUT2D eigenvalue weighted by molar-refractivity contribution is 0.135. The largest absolute Gasteiger partial charge is 0.384 e. The van der Waals surface area contributed by atoms with E-state index in [2.05, 4.69) is 27.7 Å². The van der Waals surface area contributed by atoms with E-state index in [4.69, 9.17) is 4.74 Å². The minimum atomic E-state index is 0.442. The first-order valence-corrected chi connectivity index (χ1v) is 3.94. The third-order valence-corrected chi connectivity index (χ3v) is 1.41. The van der Waals surface area contributed by atoms with E-state index in [0.29, 0.717) is 11.3 Å². The Morgan fingerprint density at radius 1 is 1.30 bits per heavy atom. The van der Waals surface area contributed by atoms with Crippen LogP contribution in [-0.4, -0.2) is 13.7 Å². The lowest BCUT2D eigenvalue weighted by Crippen LogP contribution is -2.14. The van der Waals surface area contributed by atoms with Crippen LogP contribution in [0, 0.1) is 11.3 Å². The molecule has 1 unspecified atom stereocenters. The Labute approximate surface area is 64.8 Å². The Bertz CT molecular complexity index is 81.2. The molecule has 10 heavy (non-hydrogen) atoms. The van der Waals surface area contributed by atoms with Crippen LogP contribution in [0.25, 0.3) is 0 Å². The summed E-state index contributed by atoms with van der Waals surface area (Å²) in [5, 5.41) is 0. The summed E-state index contributed by atoms with van der Waals surface area (Å²) in [6.45, 7) is 9.91. The van der Waals surface area contributed by atoms with Gasteiger partial charge in [-0.3, -0.25) is 0 Å². The van der Waals surface area contributed by atoms with Gasteiger partial charge in [0.1, 0.15) is 0 Å². The summed E-state index contributed by atoms with van der Waals surface area (Å²) in [6.07, 6.45) is 1.24. The van der Waals surface area contributed by atoms with E-state index in [1.807, 2.05) is 0 Å². The summed E-state index contributed by atoms with van der Waals surface area (Å²) >= 11 is 0. The highest BCUT2D eigenvalue weighted by Gasteiger charge is 2.14. The fraction of sp³-hybridized carbons (Fsp3) is 1.00. The van der Waals surface area contributed by atoms with Crippen LogP contribution in [0.2, 0.25) is 0 Å². The predicted molar refractivity (Wildman–Crippen MR) is 45.1 cm³/mol. The molecule has 1 atom stereocenters. The molecular weight excluding hydrogens is 124 g/mol. The van der Waals surface area contributed by atoms with E-state index >= 15 is 0 Å². The molecule has 0 rings (SSSR count). The maximum absolute atomic E-state index is 5.05. The Hall–Kier alpha value is -0.0400. The first kappa shape index (κ1) is 9.96. The number of methoxy groups -OCH3 is 1. The molecule has 1 heteroatoms. The van der Waals surface area contributed by atoms with E-state index in [-0.39, 0.29) is 0 Å². The molecule has 0 aliphatic heterocycles. The molecule has 0 aliphatic rings. The fourth-order valence-electron chi connectivity index (χ4n) is 1.39. The molecule has 0 N–H and O–H groups in total. The fourth-order valence-corrected chi connectivity index (χ4v) is 1.39. The highest BCUT2D eigenvalue weighted by atomic mass is 16.5. The molecule has 0 aromatic rings. The van der Waals surface area contributed by atoms with Crippen molar-refractivity contribution in [2.45, 2.75) is 34.1 Å². The van der Waals surface area contributed by atoms with Crippen molar-refractivity contribution in [1.82, 2.24) is 0 Å². The quantitative estimate of drug-likeness (QED) is 0.591. The van der Waals surface area contributed by atoms with Gasteiger partial charge in [0.15, 0.2) is 0 Å². The van der Waals surface area contributed by atoms with E-state index < -0.39 is 0 Å². The van der Waals surface area contributed by atoms with Crippen LogP contribution >= 0.6 is 0 Å². The van der Waals surface area contributed by atoms with Crippen LogP contribution < -0.4 is 0 Å². The second-order valence-electron chi connectivity index (χ2n) is 4.33. The monoisotopic (exact) mass is 144 g/mol. The zero-order valence-electron chi connectivity index (χ0n) is 7.90. The van der Waals surface area contributed by atoms with Gasteiger partial charge < -0.3 is 4.74 Å². The van der Waals surface area contributed by atoms with Crippen LogP contribution in [0.5, 0.6) is 0 Å². The molecule has 62 valence electrons. The Balaban J connectivity index is 3.47. The summed E-state index contributed by atoms with van der Waals surface area (Å²) in [5.74, 6) is 0.685. The molecule has 0 spiro atoms. The lowest BCUT2D eigenvalue weighted by Gasteiger charge is -2.22. The van der Waals surface area contributed by atoms with Crippen molar-refractivity contribution in [2.24, 2.45) is 11.3 Å². The van der Waals surface area contributed by atoms with Crippen molar-refractivity contribution in [3.05, 3.63) is 0 Å². The topological polar surface area (TPSA) is 9.23 Å². The molecule has 0 fully saturated rings. The molecule has 0 saturated heterocycles. The van der Waals surface area contributed by atoms with Gasteiger partial charge in [-0.2, -0.15) is 0 Å². The molecule has 0 aromatic carbocycles. The first-order chi connectivity index (χ1) is 4.45. The highest BCUT2D eigenvalue weighted by molar-refractivity contribution is 4.65. The maximum atomic E-state index is 5.05. The third-order valence-electron chi connectivity index (χ3n) is 1.41. The third kappa shape index (κ3) is 6.09. The SMILES string of the molecule is COCC(C)CC(C)(C)C. The van der Waals surface area contributed by atoms with Crippen LogP contribution in [-0.2, 0) is 4.74 Å². The zero-order valence-corrected chi connectivity index (χ0v) is 7.90. The molecule has 0 aromatic heterocycles. The zero-order chi connectivity index (χ0) is 8.20. The van der Waals surface area contributed by atoms with Gasteiger partial charge in [0.05, 0.1) is 0 Å². The second-order valence-corrected chi connectivity index (χ2v) is 4.33. The van der Waals surface area contributed by atoms with Gasteiger partial charge in [-0.05, 0) is 17.8 Å². The van der Waals surface area contributed by atoms with E-state index in [1.54, 1.807) is 7.11 Å². The van der Waals surface area contributed by atoms with Gasteiger partial charge >= 0.3 is 0 Å². The van der Waals surface area contributed by atoms with Gasteiger partial charge in [0.25, 0.3) is 0 Å². The Morgan fingerprint density at radius 3 is 2.10 bits per heavy atom. The molecular formula is C9H20O. The van der Waals surface area contributed by atoms with Crippen LogP contribution in [0.1, 0.15) is 34.1 Å². The van der Waals surface area contributed by atoms with Crippen LogP contribution in [0.4, 0.5) is 0 Å². The van der Waals surface area contributed by atoms with E-state index in [9.17, 15) is 0 Å². The lowest BCUT2D eigenvalue weighted by atomic mass is 9.86. The van der Waals surface area contributed by atoms with Gasteiger partial charge in [-0.1, -0.05) is 27.7 Å². The van der Waals surface area contributed by atoms with Gasteiger partial charge in [0.2, 0.25) is 0 Å². The summed E-state index contributed by atoms with van der Waals surface area (Å²) in [4.78, 5) is 0. The molecule has 0 saturated carbocycles. The number of ether oxygens (including phenoxy) is 1. The van der Waals surface area contributed by atoms with E-state index in [0.717, 1.165) is 6.61 Å². The van der Waals surface area contributed by atoms with Crippen molar-refractivity contribution in [3.8, 4) is 0 Å². The van der Waals surface area contributed by atoms with Gasteiger partial charge in [0, 0.05) is 13.7 Å². The second kappa shape index (κ2) is 3.97. The summed E-state index contributed by atoms with van der Waals surface area (Å²) in [7, 11) is 1.76. The van der Waals surface area contributed by atoms with E-state index in [1.165, 1.54) is 6.42 Å². The van der Waals surface area contributed by atoms with Crippen molar-refractivity contribution in [2.75, 3.05) is 13.7 Å². The van der Waals surface area contributed by atoms with Gasteiger partial charge in [-0.25, -0.2) is 0 Å². The highest BCUT2D eigenvalue weighted by Crippen LogP contribution is 2.23. The van der Waals surface area contributed by atoms with Crippen molar-refractivity contribution >= 4 is 0 Å². The number of hydrogen-bond donors (Lipinski definition) is 0. The smallest absolute Gasteiger partial charge is 0.0488 e. The molecule has 0 radical (unpaired) electrons. The number of rotatable bonds is 3. The average molecular weight is 144 g/mol. The maximum Gasteiger partial charge on any atom is 0.0488 e. The van der Waals surface area contributed by atoms with Crippen LogP contribution in [0.15, 0.2) is 0 Å². The molecule has 0 aliphatic carbocycles. The summed E-state index contributed by atoms with van der Waals surface area (Å²) < 4.78 is 5.05. The van der Waals surface area contributed by atoms with Crippen molar-refractivity contribution < 1.29 is 4.74 Å². The minimum Gasteiger partial charge on any atom is -0.384 e. The average Bonchev–Trinajstić information content (AvgIpc) is 1.59. The normalized spacial score (nSPS) is 15.3. The van der Waals surface area contributed by atoms with Crippen molar-refractivity contribution in [1.29, 1.82) is 0 Å². The first-order valence-electron chi connectivity index (χ1n) is 3.94.